The molecule has 1 aliphatic rings. The summed E-state index contributed by atoms with van der Waals surface area (Å²) in [6.45, 7) is 2.37. The van der Waals surface area contributed by atoms with Gasteiger partial charge in [-0.25, -0.2) is 0 Å². The first-order valence-electron chi connectivity index (χ1n) is 7.27. The fraction of sp³-hybridized carbons (Fsp3) is 0.562. The van der Waals surface area contributed by atoms with E-state index in [4.69, 9.17) is 9.47 Å². The Bertz CT molecular complexity index is 469. The summed E-state index contributed by atoms with van der Waals surface area (Å²) in [7, 11) is 1.39. The van der Waals surface area contributed by atoms with E-state index in [9.17, 15) is 9.90 Å². The van der Waals surface area contributed by atoms with Gasteiger partial charge in [-0.05, 0) is 11.1 Å². The molecule has 0 unspecified atom stereocenters. The average Bonchev–Trinajstić information content (AvgIpc) is 2.49. The van der Waals surface area contributed by atoms with Crippen LogP contribution in [0, 0.1) is 0 Å². The highest BCUT2D eigenvalue weighted by molar-refractivity contribution is 5.72. The Hall–Kier alpha value is -1.43. The molecule has 0 spiro atoms. The number of ether oxygens (including phenoxy) is 2. The quantitative estimate of drug-likeness (QED) is 0.767. The van der Waals surface area contributed by atoms with Gasteiger partial charge in [0, 0.05) is 39.1 Å². The summed E-state index contributed by atoms with van der Waals surface area (Å²) < 4.78 is 9.98. The predicted molar refractivity (Wildman–Crippen MR) is 78.9 cm³/mol. The van der Waals surface area contributed by atoms with E-state index in [1.807, 2.05) is 24.3 Å². The Kier molecular flexibility index (Phi) is 5.73. The number of nitrogens with one attached hydrogen (secondary N) is 1. The first-order chi connectivity index (χ1) is 10.1. The van der Waals surface area contributed by atoms with Crippen molar-refractivity contribution in [2.24, 2.45) is 0 Å². The molecule has 116 valence electrons. The highest BCUT2D eigenvalue weighted by atomic mass is 16.5. The molecule has 0 aliphatic carbocycles. The normalized spacial score (nSPS) is 17.4. The van der Waals surface area contributed by atoms with Crippen molar-refractivity contribution in [3.05, 3.63) is 35.4 Å². The number of aliphatic hydroxyl groups is 1. The van der Waals surface area contributed by atoms with Crippen LogP contribution in [-0.4, -0.2) is 43.5 Å². The van der Waals surface area contributed by atoms with Gasteiger partial charge < -0.3 is 19.9 Å². The molecule has 1 fully saturated rings. The second kappa shape index (κ2) is 7.54. The Morgan fingerprint density at radius 3 is 2.67 bits per heavy atom. The Balaban J connectivity index is 1.89. The highest BCUT2D eigenvalue weighted by Gasteiger charge is 2.29. The third-order valence-corrected chi connectivity index (χ3v) is 3.87. The molecule has 1 heterocycles. The van der Waals surface area contributed by atoms with Crippen LogP contribution < -0.4 is 5.32 Å². The second-order valence-corrected chi connectivity index (χ2v) is 5.46. The SMILES string of the molecule is COC(=O)Cc1ccccc1CNCC1(O)CCOCC1. The fourth-order valence-electron chi connectivity index (χ4n) is 2.49. The lowest BCUT2D eigenvalue weighted by Crippen LogP contribution is -2.44. The molecule has 0 aromatic heterocycles. The summed E-state index contributed by atoms with van der Waals surface area (Å²) >= 11 is 0. The zero-order valence-electron chi connectivity index (χ0n) is 12.4. The molecule has 5 heteroatoms. The average molecular weight is 293 g/mol. The number of carbonyl (C=O) groups excluding carboxylic acids is 1. The lowest BCUT2D eigenvalue weighted by atomic mass is 9.94. The number of methoxy groups -OCH3 is 1. The molecule has 1 saturated heterocycles. The van der Waals surface area contributed by atoms with Crippen LogP contribution in [0.3, 0.4) is 0 Å². The van der Waals surface area contributed by atoms with Crippen LogP contribution in [0.5, 0.6) is 0 Å². The molecule has 1 aliphatic heterocycles. The summed E-state index contributed by atoms with van der Waals surface area (Å²) in [5.41, 5.74) is 1.32. The molecule has 0 radical (unpaired) electrons. The van der Waals surface area contributed by atoms with E-state index in [-0.39, 0.29) is 12.4 Å². The first-order valence-corrected chi connectivity index (χ1v) is 7.27. The van der Waals surface area contributed by atoms with Crippen molar-refractivity contribution < 1.29 is 19.4 Å². The predicted octanol–water partition coefficient (Wildman–Crippen LogP) is 1.03. The van der Waals surface area contributed by atoms with Crippen LogP contribution in [0.1, 0.15) is 24.0 Å². The van der Waals surface area contributed by atoms with E-state index >= 15 is 0 Å². The first kappa shape index (κ1) is 15.9. The standard InChI is InChI=1S/C16H23NO4/c1-20-15(18)10-13-4-2-3-5-14(13)11-17-12-16(19)6-8-21-9-7-16/h2-5,17,19H,6-12H2,1H3. The van der Waals surface area contributed by atoms with E-state index < -0.39 is 5.60 Å². The number of benzene rings is 1. The Labute approximate surface area is 125 Å². The number of carbonyl (C=O) groups is 1. The van der Waals surface area contributed by atoms with Gasteiger partial charge in [-0.1, -0.05) is 24.3 Å². The molecule has 0 bridgehead atoms. The molecule has 0 atom stereocenters. The van der Waals surface area contributed by atoms with Crippen LogP contribution in [0.25, 0.3) is 0 Å². The summed E-state index contributed by atoms with van der Waals surface area (Å²) in [5, 5.41) is 13.7. The van der Waals surface area contributed by atoms with E-state index in [1.54, 1.807) is 0 Å². The van der Waals surface area contributed by atoms with Crippen molar-refractivity contribution in [3.63, 3.8) is 0 Å². The van der Waals surface area contributed by atoms with Gasteiger partial charge in [0.2, 0.25) is 0 Å². The Morgan fingerprint density at radius 2 is 2.00 bits per heavy atom. The highest BCUT2D eigenvalue weighted by Crippen LogP contribution is 2.19. The van der Waals surface area contributed by atoms with Crippen molar-refractivity contribution in [2.45, 2.75) is 31.4 Å². The molecule has 21 heavy (non-hydrogen) atoms. The zero-order valence-corrected chi connectivity index (χ0v) is 12.4. The van der Waals surface area contributed by atoms with Crippen LogP contribution >= 0.6 is 0 Å². The summed E-state index contributed by atoms with van der Waals surface area (Å²) in [4.78, 5) is 11.4. The largest absolute Gasteiger partial charge is 0.469 e. The minimum Gasteiger partial charge on any atom is -0.469 e. The minimum absolute atomic E-state index is 0.245. The van der Waals surface area contributed by atoms with Crippen LogP contribution in [-0.2, 0) is 27.2 Å². The molecule has 1 aromatic rings. The van der Waals surface area contributed by atoms with Crippen molar-refractivity contribution >= 4 is 5.97 Å². The van der Waals surface area contributed by atoms with E-state index in [1.165, 1.54) is 7.11 Å². The molecular formula is C16H23NO4. The monoisotopic (exact) mass is 293 g/mol. The molecule has 2 N–H and O–H groups in total. The number of rotatable bonds is 6. The van der Waals surface area contributed by atoms with Crippen molar-refractivity contribution in [3.8, 4) is 0 Å². The van der Waals surface area contributed by atoms with E-state index in [0.717, 1.165) is 11.1 Å². The third-order valence-electron chi connectivity index (χ3n) is 3.87. The van der Waals surface area contributed by atoms with Crippen LogP contribution in [0.15, 0.2) is 24.3 Å². The molecule has 0 amide bonds. The summed E-state index contributed by atoms with van der Waals surface area (Å²) in [6.07, 6.45) is 1.58. The van der Waals surface area contributed by atoms with Gasteiger partial charge in [-0.3, -0.25) is 4.79 Å². The van der Waals surface area contributed by atoms with Gasteiger partial charge in [0.25, 0.3) is 0 Å². The molecule has 0 saturated carbocycles. The number of hydrogen-bond donors (Lipinski definition) is 2. The topological polar surface area (TPSA) is 67.8 Å². The maximum atomic E-state index is 11.4. The smallest absolute Gasteiger partial charge is 0.309 e. The van der Waals surface area contributed by atoms with E-state index in [0.29, 0.717) is 39.1 Å². The molecular weight excluding hydrogens is 270 g/mol. The van der Waals surface area contributed by atoms with Gasteiger partial charge >= 0.3 is 5.97 Å². The van der Waals surface area contributed by atoms with Gasteiger partial charge in [0.1, 0.15) is 0 Å². The number of esters is 1. The maximum absolute atomic E-state index is 11.4. The minimum atomic E-state index is -0.685. The lowest BCUT2D eigenvalue weighted by molar-refractivity contribution is -0.139. The van der Waals surface area contributed by atoms with Crippen molar-refractivity contribution in [2.75, 3.05) is 26.9 Å². The lowest BCUT2D eigenvalue weighted by Gasteiger charge is -2.32. The van der Waals surface area contributed by atoms with Crippen LogP contribution in [0.4, 0.5) is 0 Å². The summed E-state index contributed by atoms with van der Waals surface area (Å²) in [6, 6.07) is 7.77. The van der Waals surface area contributed by atoms with Crippen LogP contribution in [0.2, 0.25) is 0 Å². The maximum Gasteiger partial charge on any atom is 0.309 e. The Morgan fingerprint density at radius 1 is 1.33 bits per heavy atom. The van der Waals surface area contributed by atoms with Crippen molar-refractivity contribution in [1.29, 1.82) is 0 Å². The zero-order chi connectivity index (χ0) is 15.1. The van der Waals surface area contributed by atoms with Gasteiger partial charge in [0.05, 0.1) is 19.1 Å². The molecule has 5 nitrogen and oxygen atoms in total. The fourth-order valence-corrected chi connectivity index (χ4v) is 2.49. The van der Waals surface area contributed by atoms with E-state index in [2.05, 4.69) is 5.32 Å². The molecule has 1 aromatic carbocycles. The van der Waals surface area contributed by atoms with Crippen molar-refractivity contribution in [1.82, 2.24) is 5.32 Å². The summed E-state index contributed by atoms with van der Waals surface area (Å²) in [5.74, 6) is -0.245. The van der Waals surface area contributed by atoms with Gasteiger partial charge in [-0.15, -0.1) is 0 Å². The number of hydrogen-bond acceptors (Lipinski definition) is 5. The molecule has 2 rings (SSSR count). The van der Waals surface area contributed by atoms with Gasteiger partial charge in [-0.2, -0.15) is 0 Å². The third kappa shape index (κ3) is 4.81. The second-order valence-electron chi connectivity index (χ2n) is 5.46. The van der Waals surface area contributed by atoms with Gasteiger partial charge in [0.15, 0.2) is 0 Å².